The van der Waals surface area contributed by atoms with Gasteiger partial charge in [0.1, 0.15) is 5.75 Å². The van der Waals surface area contributed by atoms with Crippen LogP contribution in [0, 0.1) is 10.1 Å². The first-order valence-corrected chi connectivity index (χ1v) is 8.36. The van der Waals surface area contributed by atoms with Crippen LogP contribution in [-0.2, 0) is 6.54 Å². The normalized spacial score (nSPS) is 11.7. The molecule has 0 aliphatic rings. The van der Waals surface area contributed by atoms with E-state index in [1.165, 1.54) is 30.6 Å². The monoisotopic (exact) mass is 357 g/mol. The number of nitro groups is 1. The Kier molecular flexibility index (Phi) is 4.62. The Morgan fingerprint density at radius 1 is 1.32 bits per heavy atom. The summed E-state index contributed by atoms with van der Waals surface area (Å²) in [6.45, 7) is 2.52. The molecular formula is C17H15N3O4S. The highest BCUT2D eigenvalue weighted by Crippen LogP contribution is 2.23. The van der Waals surface area contributed by atoms with Crippen molar-refractivity contribution >= 4 is 33.1 Å². The number of hydrogen-bond donors (Lipinski definition) is 0. The first kappa shape index (κ1) is 16.8. The lowest BCUT2D eigenvalue weighted by molar-refractivity contribution is -0.384. The summed E-state index contributed by atoms with van der Waals surface area (Å²) in [7, 11) is 1.50. The van der Waals surface area contributed by atoms with Crippen molar-refractivity contribution in [3.05, 3.63) is 62.9 Å². The van der Waals surface area contributed by atoms with E-state index in [1.54, 1.807) is 30.3 Å². The Morgan fingerprint density at radius 2 is 2.08 bits per heavy atom. The molecule has 1 amide bonds. The summed E-state index contributed by atoms with van der Waals surface area (Å²) in [6.07, 6.45) is 0. The molecule has 0 unspecified atom stereocenters. The Labute approximate surface area is 147 Å². The number of fused-ring (bicyclic) bond motifs is 1. The SMILES string of the molecule is CCn1c(=NC(=O)c2ccccc2OC)sc2cc([N+](=O)[O-])ccc21. The number of benzene rings is 2. The molecule has 1 aromatic heterocycles. The van der Waals surface area contributed by atoms with E-state index in [9.17, 15) is 14.9 Å². The zero-order valence-corrected chi connectivity index (χ0v) is 14.4. The highest BCUT2D eigenvalue weighted by atomic mass is 32.1. The second-order valence-electron chi connectivity index (χ2n) is 5.16. The summed E-state index contributed by atoms with van der Waals surface area (Å²) in [4.78, 5) is 27.8. The zero-order chi connectivity index (χ0) is 18.0. The van der Waals surface area contributed by atoms with Crippen molar-refractivity contribution in [3.63, 3.8) is 0 Å². The number of ether oxygens (including phenoxy) is 1. The van der Waals surface area contributed by atoms with Crippen LogP contribution in [-0.4, -0.2) is 22.5 Å². The second-order valence-corrected chi connectivity index (χ2v) is 6.16. The van der Waals surface area contributed by atoms with Crippen molar-refractivity contribution in [1.82, 2.24) is 4.57 Å². The maximum Gasteiger partial charge on any atom is 0.283 e. The molecule has 0 atom stereocenters. The predicted molar refractivity (Wildman–Crippen MR) is 95.0 cm³/mol. The van der Waals surface area contributed by atoms with Crippen LogP contribution < -0.4 is 9.54 Å². The molecule has 25 heavy (non-hydrogen) atoms. The molecule has 3 aromatic rings. The minimum Gasteiger partial charge on any atom is -0.496 e. The van der Waals surface area contributed by atoms with E-state index in [1.807, 2.05) is 11.5 Å². The van der Waals surface area contributed by atoms with Gasteiger partial charge in [-0.3, -0.25) is 14.9 Å². The number of nitrogens with zero attached hydrogens (tertiary/aromatic N) is 3. The quantitative estimate of drug-likeness (QED) is 0.529. The van der Waals surface area contributed by atoms with Gasteiger partial charge in [-0.05, 0) is 25.1 Å². The minimum atomic E-state index is -0.438. The highest BCUT2D eigenvalue weighted by Gasteiger charge is 2.14. The standard InChI is InChI=1S/C17H15N3O4S/c1-3-19-13-9-8-11(20(22)23)10-15(13)25-17(19)18-16(21)12-6-4-5-7-14(12)24-2/h4-10H,3H2,1-2H3. The van der Waals surface area contributed by atoms with Crippen molar-refractivity contribution in [2.24, 2.45) is 4.99 Å². The Balaban J connectivity index is 2.15. The molecular weight excluding hydrogens is 342 g/mol. The molecule has 8 heteroatoms. The summed E-state index contributed by atoms with van der Waals surface area (Å²) >= 11 is 1.25. The number of para-hydroxylation sites is 1. The summed E-state index contributed by atoms with van der Waals surface area (Å²) in [5, 5.41) is 11.0. The van der Waals surface area contributed by atoms with E-state index in [0.29, 0.717) is 27.4 Å². The van der Waals surface area contributed by atoms with Crippen LogP contribution in [0.5, 0.6) is 5.75 Å². The highest BCUT2D eigenvalue weighted by molar-refractivity contribution is 7.16. The number of thiazole rings is 1. The van der Waals surface area contributed by atoms with E-state index >= 15 is 0 Å². The number of hydrogen-bond acceptors (Lipinski definition) is 5. The molecule has 128 valence electrons. The number of aryl methyl sites for hydroxylation is 1. The van der Waals surface area contributed by atoms with Crippen molar-refractivity contribution in [2.75, 3.05) is 7.11 Å². The van der Waals surface area contributed by atoms with E-state index in [4.69, 9.17) is 4.74 Å². The van der Waals surface area contributed by atoms with Crippen LogP contribution in [0.2, 0.25) is 0 Å². The number of carbonyl (C=O) groups excluding carboxylic acids is 1. The molecule has 7 nitrogen and oxygen atoms in total. The summed E-state index contributed by atoms with van der Waals surface area (Å²) < 4.78 is 7.77. The number of carbonyl (C=O) groups is 1. The molecule has 1 heterocycles. The fourth-order valence-electron chi connectivity index (χ4n) is 2.53. The van der Waals surface area contributed by atoms with Gasteiger partial charge in [0.15, 0.2) is 4.80 Å². The molecule has 0 aliphatic carbocycles. The van der Waals surface area contributed by atoms with Gasteiger partial charge < -0.3 is 9.30 Å². The van der Waals surface area contributed by atoms with Crippen molar-refractivity contribution in [1.29, 1.82) is 0 Å². The van der Waals surface area contributed by atoms with Gasteiger partial charge in [-0.1, -0.05) is 23.5 Å². The van der Waals surface area contributed by atoms with Crippen LogP contribution in [0.1, 0.15) is 17.3 Å². The van der Waals surface area contributed by atoms with E-state index in [-0.39, 0.29) is 5.69 Å². The van der Waals surface area contributed by atoms with Gasteiger partial charge in [0.2, 0.25) is 0 Å². The van der Waals surface area contributed by atoms with Crippen LogP contribution in [0.4, 0.5) is 5.69 Å². The van der Waals surface area contributed by atoms with Crippen LogP contribution in [0.15, 0.2) is 47.5 Å². The lowest BCUT2D eigenvalue weighted by Gasteiger charge is -2.04. The van der Waals surface area contributed by atoms with Gasteiger partial charge in [0.05, 0.1) is 27.8 Å². The van der Waals surface area contributed by atoms with Crippen LogP contribution in [0.3, 0.4) is 0 Å². The van der Waals surface area contributed by atoms with Crippen molar-refractivity contribution in [3.8, 4) is 5.75 Å². The van der Waals surface area contributed by atoms with Gasteiger partial charge in [-0.2, -0.15) is 4.99 Å². The lowest BCUT2D eigenvalue weighted by Crippen LogP contribution is -2.16. The first-order valence-electron chi connectivity index (χ1n) is 7.55. The third-order valence-corrected chi connectivity index (χ3v) is 4.77. The first-order chi connectivity index (χ1) is 12.0. The van der Waals surface area contributed by atoms with Crippen LogP contribution in [0.25, 0.3) is 10.2 Å². The van der Waals surface area contributed by atoms with Gasteiger partial charge in [-0.15, -0.1) is 0 Å². The average Bonchev–Trinajstić information content (AvgIpc) is 2.97. The number of amides is 1. The largest absolute Gasteiger partial charge is 0.496 e. The molecule has 0 radical (unpaired) electrons. The van der Waals surface area contributed by atoms with Gasteiger partial charge >= 0.3 is 0 Å². The smallest absolute Gasteiger partial charge is 0.283 e. The number of methoxy groups -OCH3 is 1. The number of aromatic nitrogens is 1. The van der Waals surface area contributed by atoms with E-state index < -0.39 is 10.8 Å². The second kappa shape index (κ2) is 6.86. The number of rotatable bonds is 4. The maximum atomic E-state index is 12.6. The third-order valence-electron chi connectivity index (χ3n) is 3.73. The van der Waals surface area contributed by atoms with Gasteiger partial charge in [-0.25, -0.2) is 0 Å². The molecule has 0 saturated heterocycles. The Morgan fingerprint density at radius 3 is 2.76 bits per heavy atom. The maximum absolute atomic E-state index is 12.6. The van der Waals surface area contributed by atoms with E-state index in [2.05, 4.69) is 4.99 Å². The van der Waals surface area contributed by atoms with E-state index in [0.717, 1.165) is 5.52 Å². The molecule has 0 fully saturated rings. The molecule has 2 aromatic carbocycles. The molecule has 0 saturated carbocycles. The zero-order valence-electron chi connectivity index (χ0n) is 13.6. The number of nitro benzene ring substituents is 1. The van der Waals surface area contributed by atoms with Gasteiger partial charge in [0.25, 0.3) is 11.6 Å². The fraction of sp³-hybridized carbons (Fsp3) is 0.176. The summed E-state index contributed by atoms with van der Waals surface area (Å²) in [6, 6.07) is 11.5. The van der Waals surface area contributed by atoms with Crippen molar-refractivity contribution < 1.29 is 14.5 Å². The Hall–Kier alpha value is -3.00. The molecule has 0 spiro atoms. The lowest BCUT2D eigenvalue weighted by atomic mass is 10.2. The molecule has 0 N–H and O–H groups in total. The Bertz CT molecular complexity index is 1040. The van der Waals surface area contributed by atoms with Crippen LogP contribution >= 0.6 is 11.3 Å². The molecule has 3 rings (SSSR count). The molecule has 0 aliphatic heterocycles. The number of non-ortho nitro benzene ring substituents is 1. The van der Waals surface area contributed by atoms with Crippen molar-refractivity contribution in [2.45, 2.75) is 13.5 Å². The fourth-order valence-corrected chi connectivity index (χ4v) is 3.66. The summed E-state index contributed by atoms with van der Waals surface area (Å²) in [5.74, 6) is 0.0387. The minimum absolute atomic E-state index is 0.0135. The average molecular weight is 357 g/mol. The van der Waals surface area contributed by atoms with Gasteiger partial charge in [0, 0.05) is 18.7 Å². The topological polar surface area (TPSA) is 86.7 Å². The third kappa shape index (κ3) is 3.16. The predicted octanol–water partition coefficient (Wildman–Crippen LogP) is 3.38. The molecule has 0 bridgehead atoms. The summed E-state index contributed by atoms with van der Waals surface area (Å²) in [5.41, 5.74) is 1.19.